The molecule has 0 nitrogen and oxygen atoms in total. The fourth-order valence-electron chi connectivity index (χ4n) is 1.54. The minimum atomic E-state index is -9.29. The minimum Gasteiger partial charge on any atom is -0.219 e. The van der Waals surface area contributed by atoms with Gasteiger partial charge in [0.25, 0.3) is 0 Å². The first kappa shape index (κ1) is 27.6. The van der Waals surface area contributed by atoms with Gasteiger partial charge in [0.15, 0.2) is 0 Å². The largest absolute Gasteiger partial charge is 0.460 e. The molecule has 0 bridgehead atoms. The lowest BCUT2D eigenvalue weighted by Gasteiger charge is -2.46. The van der Waals surface area contributed by atoms with E-state index in [-0.39, 0.29) is 0 Å². The van der Waals surface area contributed by atoms with Gasteiger partial charge in [0.2, 0.25) is 0 Å². The zero-order chi connectivity index (χ0) is 24.5. The highest BCUT2D eigenvalue weighted by Crippen LogP contribution is 2.67. The average molecular weight is 488 g/mol. The van der Waals surface area contributed by atoms with E-state index in [1.807, 2.05) is 0 Å². The van der Waals surface area contributed by atoms with E-state index in [2.05, 4.69) is 0 Å². The third-order valence-corrected chi connectivity index (χ3v) is 3.15. The van der Waals surface area contributed by atoms with Crippen molar-refractivity contribution in [1.29, 1.82) is 0 Å². The van der Waals surface area contributed by atoms with E-state index in [0.29, 0.717) is 0 Å². The van der Waals surface area contributed by atoms with Crippen LogP contribution in [0.25, 0.3) is 0 Å². The molecule has 0 fully saturated rings. The Kier molecular flexibility index (Phi) is 6.00. The summed E-state index contributed by atoms with van der Waals surface area (Å²) in [5.41, 5.74) is -9.29. The molecule has 0 aliphatic carbocycles. The van der Waals surface area contributed by atoms with Crippen molar-refractivity contribution in [3.05, 3.63) is 0 Å². The number of hydrogen-bond donors (Lipinski definition) is 0. The highest BCUT2D eigenvalue weighted by Gasteiger charge is 2.99. The second-order valence-electron chi connectivity index (χ2n) is 5.02. The molecule has 1 unspecified atom stereocenters. The summed E-state index contributed by atoms with van der Waals surface area (Å²) in [6.45, 7) is 0. The molecule has 0 heterocycles. The molecule has 20 heteroatoms. The standard InChI is InChI=1S/C9F20/c10-1(7(21,22)23,3(13,14)5(17,18)8(24,25)26)2(11,12)4(15,16)6(19,20)9(27,28)29. The van der Waals surface area contributed by atoms with E-state index in [1.54, 1.807) is 0 Å². The SMILES string of the molecule is FC(F)(F)C(F)(F)C(F)(F)C(F)(F)C(F)(C(F)(F)F)C(F)(F)C(F)(F)C(F)(F)F. The molecule has 0 rings (SSSR count). The lowest BCUT2D eigenvalue weighted by atomic mass is 9.80. The van der Waals surface area contributed by atoms with Gasteiger partial charge < -0.3 is 0 Å². The molecule has 1 atom stereocenters. The Morgan fingerprint density at radius 3 is 0.621 bits per heavy atom. The van der Waals surface area contributed by atoms with Gasteiger partial charge in [-0.15, -0.1) is 0 Å². The zero-order valence-corrected chi connectivity index (χ0v) is 12.1. The van der Waals surface area contributed by atoms with Crippen molar-refractivity contribution in [3.63, 3.8) is 0 Å². The molecule has 176 valence electrons. The summed E-state index contributed by atoms with van der Waals surface area (Å²) in [7, 11) is 0. The topological polar surface area (TPSA) is 0 Å². The average Bonchev–Trinajstić information content (AvgIpc) is 2.41. The van der Waals surface area contributed by atoms with Crippen LogP contribution < -0.4 is 0 Å². The number of hydrogen-bond acceptors (Lipinski definition) is 0. The van der Waals surface area contributed by atoms with Crippen LogP contribution in [0.4, 0.5) is 87.8 Å². The molecule has 0 amide bonds. The van der Waals surface area contributed by atoms with Gasteiger partial charge in [-0.1, -0.05) is 0 Å². The summed E-state index contributed by atoms with van der Waals surface area (Å²) in [6.07, 6.45) is -24.8. The van der Waals surface area contributed by atoms with Crippen LogP contribution in [0.2, 0.25) is 0 Å². The lowest BCUT2D eigenvalue weighted by Crippen LogP contribution is -2.79. The van der Waals surface area contributed by atoms with Crippen LogP contribution in [0.5, 0.6) is 0 Å². The number of halogens is 20. The van der Waals surface area contributed by atoms with E-state index in [4.69, 9.17) is 0 Å². The summed E-state index contributed by atoms with van der Waals surface area (Å²) in [6, 6.07) is 0. The van der Waals surface area contributed by atoms with E-state index >= 15 is 0 Å². The summed E-state index contributed by atoms with van der Waals surface area (Å²) in [5.74, 6) is -44.4. The van der Waals surface area contributed by atoms with Gasteiger partial charge in [-0.3, -0.25) is 0 Å². The van der Waals surface area contributed by atoms with E-state index in [1.165, 1.54) is 0 Å². The predicted molar refractivity (Wildman–Crippen MR) is 46.7 cm³/mol. The third-order valence-electron chi connectivity index (χ3n) is 3.15. The fraction of sp³-hybridized carbons (Fsp3) is 1.00. The van der Waals surface area contributed by atoms with Crippen LogP contribution in [-0.4, -0.2) is 53.8 Å². The summed E-state index contributed by atoms with van der Waals surface area (Å²) in [4.78, 5) is 0. The summed E-state index contributed by atoms with van der Waals surface area (Å²) >= 11 is 0. The van der Waals surface area contributed by atoms with Crippen molar-refractivity contribution in [3.8, 4) is 0 Å². The molecule has 0 spiro atoms. The molecule has 0 saturated heterocycles. The molecule has 0 aromatic heterocycles. The van der Waals surface area contributed by atoms with Crippen LogP contribution in [0, 0.1) is 0 Å². The molecular weight excluding hydrogens is 488 g/mol. The van der Waals surface area contributed by atoms with Crippen molar-refractivity contribution in [1.82, 2.24) is 0 Å². The summed E-state index contributed by atoms with van der Waals surface area (Å²) in [5, 5.41) is 0. The second kappa shape index (κ2) is 6.30. The van der Waals surface area contributed by atoms with Gasteiger partial charge >= 0.3 is 53.8 Å². The molecule has 29 heavy (non-hydrogen) atoms. The lowest BCUT2D eigenvalue weighted by molar-refractivity contribution is -0.480. The second-order valence-corrected chi connectivity index (χ2v) is 5.02. The van der Waals surface area contributed by atoms with Crippen molar-refractivity contribution in [2.75, 3.05) is 0 Å². The van der Waals surface area contributed by atoms with Crippen LogP contribution in [0.15, 0.2) is 0 Å². The maximum atomic E-state index is 13.5. The Hall–Kier alpha value is -1.40. The van der Waals surface area contributed by atoms with Crippen LogP contribution >= 0.6 is 0 Å². The normalized spacial score (nSPS) is 18.6. The highest BCUT2D eigenvalue weighted by atomic mass is 19.4. The zero-order valence-electron chi connectivity index (χ0n) is 12.1. The first-order valence-electron chi connectivity index (χ1n) is 5.78. The van der Waals surface area contributed by atoms with Gasteiger partial charge in [0.05, 0.1) is 0 Å². The smallest absolute Gasteiger partial charge is 0.219 e. The van der Waals surface area contributed by atoms with Gasteiger partial charge in [-0.2, -0.15) is 83.4 Å². The third kappa shape index (κ3) is 3.23. The van der Waals surface area contributed by atoms with Gasteiger partial charge in [-0.05, 0) is 0 Å². The van der Waals surface area contributed by atoms with Crippen molar-refractivity contribution >= 4 is 0 Å². The quantitative estimate of drug-likeness (QED) is 0.385. The molecule has 0 saturated carbocycles. The number of alkyl halides is 20. The van der Waals surface area contributed by atoms with Gasteiger partial charge in [-0.25, -0.2) is 4.39 Å². The molecule has 0 aliphatic rings. The van der Waals surface area contributed by atoms with Crippen molar-refractivity contribution < 1.29 is 87.8 Å². The minimum absolute atomic E-state index is 8.03. The molecule has 0 aromatic rings. The molecule has 0 aliphatic heterocycles. The predicted octanol–water partition coefficient (Wildman–Crippen LogP) is 6.56. The van der Waals surface area contributed by atoms with E-state index in [0.717, 1.165) is 0 Å². The van der Waals surface area contributed by atoms with Crippen LogP contribution in [-0.2, 0) is 0 Å². The Balaban J connectivity index is 7.30. The van der Waals surface area contributed by atoms with Gasteiger partial charge in [0, 0.05) is 0 Å². The molecule has 0 N–H and O–H groups in total. The summed E-state index contributed by atoms with van der Waals surface area (Å²) < 4.78 is 250. The first-order chi connectivity index (χ1) is 12.0. The van der Waals surface area contributed by atoms with E-state index < -0.39 is 53.8 Å². The fourth-order valence-corrected chi connectivity index (χ4v) is 1.54. The molecule has 0 radical (unpaired) electrons. The van der Waals surface area contributed by atoms with Gasteiger partial charge in [0.1, 0.15) is 0 Å². The number of rotatable bonds is 5. The maximum Gasteiger partial charge on any atom is 0.460 e. The Bertz CT molecular complexity index is 599. The molecular formula is C9F20. The monoisotopic (exact) mass is 488 g/mol. The maximum absolute atomic E-state index is 13.5. The van der Waals surface area contributed by atoms with Crippen molar-refractivity contribution in [2.45, 2.75) is 53.8 Å². The Labute approximate surface area is 143 Å². The molecule has 0 aromatic carbocycles. The highest BCUT2D eigenvalue weighted by molar-refractivity contribution is 5.21. The van der Waals surface area contributed by atoms with Crippen LogP contribution in [0.1, 0.15) is 0 Å². The first-order valence-corrected chi connectivity index (χ1v) is 5.78. The van der Waals surface area contributed by atoms with Crippen molar-refractivity contribution in [2.24, 2.45) is 0 Å². The Morgan fingerprint density at radius 2 is 0.414 bits per heavy atom. The van der Waals surface area contributed by atoms with Crippen LogP contribution in [0.3, 0.4) is 0 Å². The Morgan fingerprint density at radius 1 is 0.207 bits per heavy atom. The van der Waals surface area contributed by atoms with E-state index in [9.17, 15) is 87.8 Å².